The molecule has 0 saturated carbocycles. The van der Waals surface area contributed by atoms with E-state index in [0.717, 1.165) is 18.8 Å². The van der Waals surface area contributed by atoms with Crippen molar-refractivity contribution in [1.29, 1.82) is 0 Å². The molecule has 0 unspecified atom stereocenters. The second-order valence-corrected chi connectivity index (χ2v) is 5.10. The summed E-state index contributed by atoms with van der Waals surface area (Å²) in [5.74, 6) is 1.03. The molecular formula is C7H14O2Si. The van der Waals surface area contributed by atoms with Crippen LogP contribution < -0.4 is 0 Å². The lowest BCUT2D eigenvalue weighted by molar-refractivity contribution is 0.195. The van der Waals surface area contributed by atoms with Crippen molar-refractivity contribution in [3.8, 4) is 0 Å². The summed E-state index contributed by atoms with van der Waals surface area (Å²) in [6.07, 6.45) is 3.16. The van der Waals surface area contributed by atoms with Crippen molar-refractivity contribution in [2.75, 3.05) is 13.2 Å². The molecule has 10 heavy (non-hydrogen) atoms. The summed E-state index contributed by atoms with van der Waals surface area (Å²) in [6, 6.07) is 0. The highest BCUT2D eigenvalue weighted by Crippen LogP contribution is 2.08. The summed E-state index contributed by atoms with van der Waals surface area (Å²) in [6.45, 7) is 5.87. The molecule has 0 aromatic carbocycles. The largest absolute Gasteiger partial charge is 0.496 e. The van der Waals surface area contributed by atoms with Crippen LogP contribution in [-0.4, -0.2) is 22.3 Å². The lowest BCUT2D eigenvalue weighted by Crippen LogP contribution is -2.10. The van der Waals surface area contributed by atoms with Crippen molar-refractivity contribution < 1.29 is 9.16 Å². The van der Waals surface area contributed by atoms with E-state index in [0.29, 0.717) is 6.61 Å². The summed E-state index contributed by atoms with van der Waals surface area (Å²) in [4.78, 5) is 0. The van der Waals surface area contributed by atoms with Gasteiger partial charge in [0.05, 0.1) is 13.2 Å². The van der Waals surface area contributed by atoms with Crippen molar-refractivity contribution in [3.63, 3.8) is 0 Å². The molecule has 1 aliphatic rings. The van der Waals surface area contributed by atoms with Gasteiger partial charge in [0.2, 0.25) is 0 Å². The van der Waals surface area contributed by atoms with Crippen molar-refractivity contribution in [2.24, 2.45) is 0 Å². The number of ether oxygens (including phenoxy) is 1. The fourth-order valence-electron chi connectivity index (χ4n) is 0.818. The molecule has 0 aromatic rings. The number of hydrogen-bond acceptors (Lipinski definition) is 2. The molecule has 0 saturated heterocycles. The first-order valence-electron chi connectivity index (χ1n) is 3.72. The van der Waals surface area contributed by atoms with Crippen LogP contribution in [0.1, 0.15) is 6.42 Å². The van der Waals surface area contributed by atoms with Crippen LogP contribution in [0.5, 0.6) is 0 Å². The Bertz CT molecular complexity index is 132. The minimum absolute atomic E-state index is 0.698. The van der Waals surface area contributed by atoms with E-state index in [1.165, 1.54) is 0 Å². The van der Waals surface area contributed by atoms with E-state index in [1.807, 2.05) is 0 Å². The molecule has 0 radical (unpaired) electrons. The van der Waals surface area contributed by atoms with Crippen LogP contribution in [-0.2, 0) is 9.16 Å². The van der Waals surface area contributed by atoms with Gasteiger partial charge in [-0.1, -0.05) is 0 Å². The Kier molecular flexibility index (Phi) is 2.96. The van der Waals surface area contributed by atoms with Crippen molar-refractivity contribution >= 4 is 9.04 Å². The molecule has 1 aliphatic heterocycles. The maximum absolute atomic E-state index is 5.47. The van der Waals surface area contributed by atoms with Gasteiger partial charge in [-0.2, -0.15) is 0 Å². The predicted molar refractivity (Wildman–Crippen MR) is 43.5 cm³/mol. The Balaban J connectivity index is 2.13. The molecule has 1 heterocycles. The summed E-state index contributed by atoms with van der Waals surface area (Å²) in [7, 11) is -0.848. The van der Waals surface area contributed by atoms with Crippen molar-refractivity contribution in [2.45, 2.75) is 19.5 Å². The fraction of sp³-hybridized carbons (Fsp3) is 0.714. The molecule has 58 valence electrons. The third kappa shape index (κ3) is 2.54. The van der Waals surface area contributed by atoms with Crippen LogP contribution in [0.15, 0.2) is 11.8 Å². The molecule has 0 atom stereocenters. The van der Waals surface area contributed by atoms with E-state index in [9.17, 15) is 0 Å². The number of rotatable bonds is 3. The monoisotopic (exact) mass is 158 g/mol. The molecular weight excluding hydrogens is 144 g/mol. The Hall–Kier alpha value is -0.283. The third-order valence-corrected chi connectivity index (χ3v) is 2.17. The zero-order valence-corrected chi connectivity index (χ0v) is 7.75. The molecule has 0 spiro atoms. The SMILES string of the molecule is C[SiH](C)OCC1=CCCO1. The standard InChI is InChI=1S/C7H14O2Si/c1-10(2)9-6-7-4-3-5-8-7/h4,10H,3,5-6H2,1-2H3. The second kappa shape index (κ2) is 3.78. The smallest absolute Gasteiger partial charge is 0.171 e. The van der Waals surface area contributed by atoms with E-state index in [-0.39, 0.29) is 0 Å². The van der Waals surface area contributed by atoms with Gasteiger partial charge in [-0.15, -0.1) is 0 Å². The Morgan fingerprint density at radius 2 is 2.50 bits per heavy atom. The van der Waals surface area contributed by atoms with Crippen LogP contribution in [0.4, 0.5) is 0 Å². The van der Waals surface area contributed by atoms with Crippen LogP contribution in [0.3, 0.4) is 0 Å². The van der Waals surface area contributed by atoms with Gasteiger partial charge in [-0.25, -0.2) is 0 Å². The third-order valence-electron chi connectivity index (χ3n) is 1.34. The average Bonchev–Trinajstić information content (AvgIpc) is 2.34. The van der Waals surface area contributed by atoms with Gasteiger partial charge in [-0.3, -0.25) is 0 Å². The zero-order chi connectivity index (χ0) is 7.40. The summed E-state index contributed by atoms with van der Waals surface area (Å²) < 4.78 is 10.7. The van der Waals surface area contributed by atoms with Gasteiger partial charge in [0.15, 0.2) is 9.04 Å². The molecule has 0 N–H and O–H groups in total. The first kappa shape index (κ1) is 7.82. The van der Waals surface area contributed by atoms with Gasteiger partial charge in [-0.05, 0) is 19.2 Å². The van der Waals surface area contributed by atoms with Gasteiger partial charge < -0.3 is 9.16 Å². The number of hydrogen-bond donors (Lipinski definition) is 0. The van der Waals surface area contributed by atoms with E-state index in [4.69, 9.17) is 9.16 Å². The minimum atomic E-state index is -0.848. The Morgan fingerprint density at radius 3 is 3.00 bits per heavy atom. The van der Waals surface area contributed by atoms with Crippen LogP contribution in [0.25, 0.3) is 0 Å². The summed E-state index contributed by atoms with van der Waals surface area (Å²) >= 11 is 0. The summed E-state index contributed by atoms with van der Waals surface area (Å²) in [5.41, 5.74) is 0. The lowest BCUT2D eigenvalue weighted by atomic mass is 10.4. The highest BCUT2D eigenvalue weighted by atomic mass is 28.3. The fourth-order valence-corrected chi connectivity index (χ4v) is 1.32. The highest BCUT2D eigenvalue weighted by molar-refractivity contribution is 6.48. The molecule has 0 aromatic heterocycles. The van der Waals surface area contributed by atoms with E-state index >= 15 is 0 Å². The highest BCUT2D eigenvalue weighted by Gasteiger charge is 2.05. The molecule has 0 fully saturated rings. The minimum Gasteiger partial charge on any atom is -0.496 e. The zero-order valence-electron chi connectivity index (χ0n) is 6.59. The van der Waals surface area contributed by atoms with E-state index in [2.05, 4.69) is 19.2 Å². The van der Waals surface area contributed by atoms with Gasteiger partial charge >= 0.3 is 0 Å². The molecule has 2 nitrogen and oxygen atoms in total. The van der Waals surface area contributed by atoms with Gasteiger partial charge in [0.1, 0.15) is 5.76 Å². The molecule has 3 heteroatoms. The maximum atomic E-state index is 5.47. The Labute approximate surface area is 63.6 Å². The molecule has 0 aliphatic carbocycles. The Morgan fingerprint density at radius 1 is 1.70 bits per heavy atom. The second-order valence-electron chi connectivity index (χ2n) is 2.67. The van der Waals surface area contributed by atoms with Crippen molar-refractivity contribution in [1.82, 2.24) is 0 Å². The molecule has 0 amide bonds. The van der Waals surface area contributed by atoms with E-state index in [1.54, 1.807) is 0 Å². The van der Waals surface area contributed by atoms with Crippen LogP contribution >= 0.6 is 0 Å². The normalized spacial score (nSPS) is 17.3. The van der Waals surface area contributed by atoms with Crippen LogP contribution in [0, 0.1) is 0 Å². The average molecular weight is 158 g/mol. The van der Waals surface area contributed by atoms with Gasteiger partial charge in [0.25, 0.3) is 0 Å². The van der Waals surface area contributed by atoms with Crippen LogP contribution in [0.2, 0.25) is 13.1 Å². The predicted octanol–water partition coefficient (Wildman–Crippen LogP) is 1.29. The first-order valence-corrected chi connectivity index (χ1v) is 6.50. The van der Waals surface area contributed by atoms with E-state index < -0.39 is 9.04 Å². The summed E-state index contributed by atoms with van der Waals surface area (Å²) in [5, 5.41) is 0. The topological polar surface area (TPSA) is 18.5 Å². The lowest BCUT2D eigenvalue weighted by Gasteiger charge is -2.06. The maximum Gasteiger partial charge on any atom is 0.171 e. The molecule has 1 rings (SSSR count). The van der Waals surface area contributed by atoms with Crippen molar-refractivity contribution in [3.05, 3.63) is 11.8 Å². The quantitative estimate of drug-likeness (QED) is 0.576. The molecule has 0 bridgehead atoms. The van der Waals surface area contributed by atoms with Gasteiger partial charge in [0, 0.05) is 6.42 Å². The first-order chi connectivity index (χ1) is 4.79.